The molecule has 0 amide bonds. The van der Waals surface area contributed by atoms with Gasteiger partial charge >= 0.3 is 0 Å². The van der Waals surface area contributed by atoms with E-state index in [1.807, 2.05) is 0 Å². The lowest BCUT2D eigenvalue weighted by atomic mass is 9.93. The first-order valence-electron chi connectivity index (χ1n) is 5.70. The van der Waals surface area contributed by atoms with Crippen LogP contribution in [-0.4, -0.2) is 5.11 Å². The van der Waals surface area contributed by atoms with Crippen molar-refractivity contribution < 1.29 is 9.50 Å². The molecule has 1 N–H and O–H groups in total. The number of rotatable bonds is 5. The standard InChI is InChI=1S/C13H18BrFO/c1-3-9(4-2)5-13(16)10-6-11(14)8-12(15)7-10/h6-9,13,16H,3-5H2,1-2H3. The van der Waals surface area contributed by atoms with Gasteiger partial charge in [-0.25, -0.2) is 4.39 Å². The molecule has 90 valence electrons. The highest BCUT2D eigenvalue weighted by Crippen LogP contribution is 2.27. The Morgan fingerprint density at radius 1 is 1.25 bits per heavy atom. The minimum Gasteiger partial charge on any atom is -0.388 e. The topological polar surface area (TPSA) is 20.2 Å². The molecule has 0 aliphatic carbocycles. The van der Waals surface area contributed by atoms with E-state index in [2.05, 4.69) is 29.8 Å². The molecular weight excluding hydrogens is 271 g/mol. The predicted octanol–water partition coefficient (Wildman–Crippen LogP) is 4.45. The van der Waals surface area contributed by atoms with Crippen LogP contribution in [0.1, 0.15) is 44.8 Å². The van der Waals surface area contributed by atoms with Gasteiger partial charge in [0.05, 0.1) is 6.10 Å². The van der Waals surface area contributed by atoms with Crippen molar-refractivity contribution >= 4 is 15.9 Å². The molecule has 1 atom stereocenters. The number of hydrogen-bond donors (Lipinski definition) is 1. The van der Waals surface area contributed by atoms with Crippen molar-refractivity contribution in [2.45, 2.75) is 39.2 Å². The number of aliphatic hydroxyl groups is 1. The molecule has 0 radical (unpaired) electrons. The first-order chi connectivity index (χ1) is 7.56. The zero-order chi connectivity index (χ0) is 12.1. The highest BCUT2D eigenvalue weighted by Gasteiger charge is 2.14. The summed E-state index contributed by atoms with van der Waals surface area (Å²) in [6, 6.07) is 4.57. The van der Waals surface area contributed by atoms with E-state index in [9.17, 15) is 9.50 Å². The van der Waals surface area contributed by atoms with Gasteiger partial charge in [-0.05, 0) is 36.1 Å². The van der Waals surface area contributed by atoms with Gasteiger partial charge in [0.25, 0.3) is 0 Å². The summed E-state index contributed by atoms with van der Waals surface area (Å²) in [7, 11) is 0. The van der Waals surface area contributed by atoms with Crippen LogP contribution in [0.5, 0.6) is 0 Å². The first kappa shape index (κ1) is 13.7. The molecule has 0 heterocycles. The number of hydrogen-bond acceptors (Lipinski definition) is 1. The summed E-state index contributed by atoms with van der Waals surface area (Å²) < 4.78 is 13.8. The van der Waals surface area contributed by atoms with E-state index < -0.39 is 6.10 Å². The minimum absolute atomic E-state index is 0.312. The number of halogens is 2. The Hall–Kier alpha value is -0.410. The van der Waals surface area contributed by atoms with E-state index in [0.29, 0.717) is 22.4 Å². The SMILES string of the molecule is CCC(CC)CC(O)c1cc(F)cc(Br)c1. The van der Waals surface area contributed by atoms with Crippen LogP contribution < -0.4 is 0 Å². The first-order valence-corrected chi connectivity index (χ1v) is 6.50. The van der Waals surface area contributed by atoms with Crippen molar-refractivity contribution in [1.29, 1.82) is 0 Å². The second kappa shape index (κ2) is 6.36. The van der Waals surface area contributed by atoms with Gasteiger partial charge < -0.3 is 5.11 Å². The fraction of sp³-hybridized carbons (Fsp3) is 0.538. The molecule has 0 spiro atoms. The van der Waals surface area contributed by atoms with E-state index in [0.717, 1.165) is 12.8 Å². The van der Waals surface area contributed by atoms with E-state index in [4.69, 9.17) is 0 Å². The molecule has 0 aromatic heterocycles. The summed E-state index contributed by atoms with van der Waals surface area (Å²) in [5.41, 5.74) is 0.652. The lowest BCUT2D eigenvalue weighted by Gasteiger charge is -2.17. The van der Waals surface area contributed by atoms with Crippen molar-refractivity contribution in [3.63, 3.8) is 0 Å². The van der Waals surface area contributed by atoms with E-state index in [-0.39, 0.29) is 5.82 Å². The van der Waals surface area contributed by atoms with Crippen LogP contribution >= 0.6 is 15.9 Å². The number of benzene rings is 1. The zero-order valence-corrected chi connectivity index (χ0v) is 11.3. The zero-order valence-electron chi connectivity index (χ0n) is 9.71. The molecule has 0 fully saturated rings. The highest BCUT2D eigenvalue weighted by molar-refractivity contribution is 9.10. The average molecular weight is 289 g/mol. The van der Waals surface area contributed by atoms with Crippen molar-refractivity contribution in [2.75, 3.05) is 0 Å². The van der Waals surface area contributed by atoms with Gasteiger partial charge in [-0.1, -0.05) is 42.6 Å². The van der Waals surface area contributed by atoms with Crippen LogP contribution in [0.4, 0.5) is 4.39 Å². The Morgan fingerprint density at radius 2 is 1.88 bits per heavy atom. The lowest BCUT2D eigenvalue weighted by Crippen LogP contribution is -2.06. The summed E-state index contributed by atoms with van der Waals surface area (Å²) in [5, 5.41) is 10.0. The third kappa shape index (κ3) is 3.87. The Bertz CT molecular complexity index is 316. The van der Waals surface area contributed by atoms with Crippen molar-refractivity contribution in [3.05, 3.63) is 34.1 Å². The third-order valence-corrected chi connectivity index (χ3v) is 3.44. The van der Waals surface area contributed by atoms with E-state index >= 15 is 0 Å². The van der Waals surface area contributed by atoms with Crippen LogP contribution in [0, 0.1) is 11.7 Å². The summed E-state index contributed by atoms with van der Waals surface area (Å²) in [6.07, 6.45) is 2.22. The Balaban J connectivity index is 2.75. The quantitative estimate of drug-likeness (QED) is 0.849. The second-order valence-corrected chi connectivity index (χ2v) is 5.05. The van der Waals surface area contributed by atoms with Gasteiger partial charge in [0.1, 0.15) is 5.82 Å². The fourth-order valence-corrected chi connectivity index (χ4v) is 2.32. The van der Waals surface area contributed by atoms with Gasteiger partial charge in [-0.3, -0.25) is 0 Å². The van der Waals surface area contributed by atoms with E-state index in [1.165, 1.54) is 12.1 Å². The van der Waals surface area contributed by atoms with Crippen LogP contribution in [0.2, 0.25) is 0 Å². The van der Waals surface area contributed by atoms with E-state index in [1.54, 1.807) is 6.07 Å². The largest absolute Gasteiger partial charge is 0.388 e. The smallest absolute Gasteiger partial charge is 0.124 e. The molecule has 0 saturated carbocycles. The normalized spacial score (nSPS) is 13.1. The van der Waals surface area contributed by atoms with Crippen LogP contribution in [0.15, 0.2) is 22.7 Å². The predicted molar refractivity (Wildman–Crippen MR) is 67.7 cm³/mol. The highest BCUT2D eigenvalue weighted by atomic mass is 79.9. The minimum atomic E-state index is -0.572. The molecular formula is C13H18BrFO. The van der Waals surface area contributed by atoms with Crippen molar-refractivity contribution in [3.8, 4) is 0 Å². The lowest BCUT2D eigenvalue weighted by molar-refractivity contribution is 0.141. The van der Waals surface area contributed by atoms with Gasteiger partial charge in [0.2, 0.25) is 0 Å². The fourth-order valence-electron chi connectivity index (χ4n) is 1.84. The molecule has 1 nitrogen and oxygen atoms in total. The maximum Gasteiger partial charge on any atom is 0.124 e. The van der Waals surface area contributed by atoms with Crippen LogP contribution in [0.3, 0.4) is 0 Å². The van der Waals surface area contributed by atoms with Crippen molar-refractivity contribution in [2.24, 2.45) is 5.92 Å². The molecule has 3 heteroatoms. The third-order valence-electron chi connectivity index (χ3n) is 2.98. The Kier molecular flexibility index (Phi) is 5.42. The Labute approximate surface area is 105 Å². The summed E-state index contributed by atoms with van der Waals surface area (Å²) in [5.74, 6) is 0.185. The van der Waals surface area contributed by atoms with Gasteiger partial charge in [0.15, 0.2) is 0 Å². The van der Waals surface area contributed by atoms with Crippen molar-refractivity contribution in [1.82, 2.24) is 0 Å². The van der Waals surface area contributed by atoms with Crippen LogP contribution in [0.25, 0.3) is 0 Å². The molecule has 16 heavy (non-hydrogen) atoms. The van der Waals surface area contributed by atoms with Gasteiger partial charge in [0, 0.05) is 4.47 Å². The molecule has 1 unspecified atom stereocenters. The summed E-state index contributed by atoms with van der Waals surface area (Å²) in [6.45, 7) is 4.23. The molecule has 0 aliphatic rings. The molecule has 0 saturated heterocycles. The maximum atomic E-state index is 13.1. The molecule has 1 aromatic carbocycles. The molecule has 1 rings (SSSR count). The maximum absolute atomic E-state index is 13.1. The van der Waals surface area contributed by atoms with Gasteiger partial charge in [-0.15, -0.1) is 0 Å². The van der Waals surface area contributed by atoms with Gasteiger partial charge in [-0.2, -0.15) is 0 Å². The van der Waals surface area contributed by atoms with Crippen LogP contribution in [-0.2, 0) is 0 Å². The molecule has 0 aliphatic heterocycles. The summed E-state index contributed by atoms with van der Waals surface area (Å²) in [4.78, 5) is 0. The second-order valence-electron chi connectivity index (χ2n) is 4.14. The molecule has 0 bridgehead atoms. The monoisotopic (exact) mass is 288 g/mol. The molecule has 1 aromatic rings. The number of aliphatic hydroxyl groups excluding tert-OH is 1. The average Bonchev–Trinajstić information content (AvgIpc) is 2.24. The Morgan fingerprint density at radius 3 is 2.38 bits per heavy atom. The summed E-state index contributed by atoms with van der Waals surface area (Å²) >= 11 is 3.23.